The minimum atomic E-state index is -0.964. The second-order valence-corrected chi connectivity index (χ2v) is 23.9. The van der Waals surface area contributed by atoms with Crippen LogP contribution < -0.4 is 10.6 Å². The third kappa shape index (κ3) is 20.6. The van der Waals surface area contributed by atoms with Crippen LogP contribution in [0, 0.1) is 10.8 Å². The predicted molar refractivity (Wildman–Crippen MR) is 319 cm³/mol. The van der Waals surface area contributed by atoms with E-state index in [2.05, 4.69) is 10.6 Å². The molecule has 2 aliphatic carbocycles. The number of ether oxygens (including phenoxy) is 8. The van der Waals surface area contributed by atoms with Gasteiger partial charge in [0, 0.05) is 42.2 Å². The predicted octanol–water partition coefficient (Wildman–Crippen LogP) is 11.2. The maximum absolute atomic E-state index is 14.1. The lowest BCUT2D eigenvalue weighted by atomic mass is 9.78. The lowest BCUT2D eigenvalue weighted by Gasteiger charge is -2.32. The highest BCUT2D eigenvalue weighted by Gasteiger charge is 2.37. The summed E-state index contributed by atoms with van der Waals surface area (Å²) < 4.78 is 43.7. The number of hydrogen-bond donors (Lipinski definition) is 2. The van der Waals surface area contributed by atoms with E-state index in [4.69, 9.17) is 37.9 Å². The molecule has 2 amide bonds. The molecule has 18 heteroatoms. The number of benzene rings is 5. The summed E-state index contributed by atoms with van der Waals surface area (Å²) in [5.41, 5.74) is 6.43. The molecule has 0 aromatic heterocycles. The van der Waals surface area contributed by atoms with Gasteiger partial charge in [-0.15, -0.1) is 0 Å². The normalized spacial score (nSPS) is 16.6. The Morgan fingerprint density at radius 2 is 0.895 bits per heavy atom. The van der Waals surface area contributed by atoms with Gasteiger partial charge in [-0.3, -0.25) is 28.8 Å². The second-order valence-electron chi connectivity index (χ2n) is 23.9. The van der Waals surface area contributed by atoms with Crippen LogP contribution in [0.4, 0.5) is 9.59 Å². The standard InChI is InChI=1S/C68H80N2O16/c1-44(2)85-65(77)83-42-67(4,5)40-81-63(75)57-37-53(33-51-25-23-49(35-55(51)57)47-19-13-9-14-20-47)69-59(71)27-29-61(73)79-32-31-45(3)86-66(78)84-43-68(6,7)41-82-64(76)58-38-54(34-52-26-24-50(36-56(52)58)48-21-15-10-16-22-48)70-60(72)28-30-62(74)80-39-46-17-11-8-12-18-46/h8-26,35-36,44-45,53-54,57-58H,27-34,37-43H2,1-7H3,(H,69,71)(H,70,72). The fourth-order valence-electron chi connectivity index (χ4n) is 10.1. The first kappa shape index (κ1) is 65.0. The van der Waals surface area contributed by atoms with Crippen LogP contribution in [0.1, 0.15) is 133 Å². The topological polar surface area (TPSA) is 234 Å². The van der Waals surface area contributed by atoms with Crippen LogP contribution in [0.5, 0.6) is 0 Å². The molecule has 0 bridgehead atoms. The summed E-state index contributed by atoms with van der Waals surface area (Å²) in [6, 6.07) is 39.8. The number of fused-ring (bicyclic) bond motifs is 2. The summed E-state index contributed by atoms with van der Waals surface area (Å²) in [4.78, 5) is 105. The van der Waals surface area contributed by atoms with Crippen molar-refractivity contribution in [2.75, 3.05) is 33.0 Å². The molecular weight excluding hydrogens is 1100 g/mol. The van der Waals surface area contributed by atoms with Gasteiger partial charge in [0.05, 0.1) is 50.6 Å². The highest BCUT2D eigenvalue weighted by atomic mass is 16.7. The van der Waals surface area contributed by atoms with Gasteiger partial charge in [0.15, 0.2) is 0 Å². The minimum absolute atomic E-state index is 0.0395. The van der Waals surface area contributed by atoms with Crippen LogP contribution >= 0.6 is 0 Å². The van der Waals surface area contributed by atoms with E-state index in [0.29, 0.717) is 12.8 Å². The third-order valence-electron chi connectivity index (χ3n) is 14.7. The molecule has 2 aliphatic rings. The number of amides is 2. The molecular formula is C68H80N2O16. The van der Waals surface area contributed by atoms with Gasteiger partial charge in [0.25, 0.3) is 0 Å². The van der Waals surface area contributed by atoms with Gasteiger partial charge >= 0.3 is 36.2 Å². The van der Waals surface area contributed by atoms with Crippen LogP contribution in [0.2, 0.25) is 0 Å². The maximum Gasteiger partial charge on any atom is 0.508 e. The Balaban J connectivity index is 0.831. The fourth-order valence-corrected chi connectivity index (χ4v) is 10.1. The number of hydrogen-bond acceptors (Lipinski definition) is 16. The molecule has 0 saturated heterocycles. The van der Waals surface area contributed by atoms with Crippen molar-refractivity contribution in [3.63, 3.8) is 0 Å². The molecule has 0 spiro atoms. The van der Waals surface area contributed by atoms with Crippen LogP contribution in [-0.4, -0.2) is 105 Å². The Morgan fingerprint density at radius 1 is 0.477 bits per heavy atom. The van der Waals surface area contributed by atoms with Crippen molar-refractivity contribution >= 4 is 48.0 Å². The van der Waals surface area contributed by atoms with Crippen molar-refractivity contribution < 1.29 is 76.3 Å². The Morgan fingerprint density at radius 3 is 1.35 bits per heavy atom. The number of rotatable bonds is 27. The van der Waals surface area contributed by atoms with E-state index in [1.807, 2.05) is 127 Å². The summed E-state index contributed by atoms with van der Waals surface area (Å²) in [5.74, 6) is -4.29. The van der Waals surface area contributed by atoms with E-state index in [1.165, 1.54) is 0 Å². The fraction of sp³-hybridized carbons (Fsp3) is 0.441. The lowest BCUT2D eigenvalue weighted by Crippen LogP contribution is -2.42. The molecule has 5 aromatic rings. The number of carbonyl (C=O) groups excluding carboxylic acids is 8. The molecule has 458 valence electrons. The number of esters is 4. The van der Waals surface area contributed by atoms with Gasteiger partial charge in [-0.1, -0.05) is 155 Å². The molecule has 5 unspecified atom stereocenters. The first-order valence-corrected chi connectivity index (χ1v) is 29.4. The SMILES string of the molecule is CC(C)OC(=O)OCC(C)(C)COC(=O)C1CC(NC(=O)CCC(=O)OCCC(C)OC(=O)OCC(C)(C)COC(=O)C2CC(NC(=O)CCC(=O)OCc3ccccc3)Cc3ccc(-c4ccccc4)cc32)Cc2ccc(-c3ccccc3)cc21. The molecule has 5 atom stereocenters. The molecule has 0 fully saturated rings. The van der Waals surface area contributed by atoms with Crippen molar-refractivity contribution in [1.82, 2.24) is 10.6 Å². The van der Waals surface area contributed by atoms with E-state index in [9.17, 15) is 38.4 Å². The number of carbonyl (C=O) groups is 8. The zero-order valence-corrected chi connectivity index (χ0v) is 50.2. The highest BCUT2D eigenvalue weighted by Crippen LogP contribution is 2.38. The molecule has 5 aromatic carbocycles. The molecule has 0 radical (unpaired) electrons. The molecule has 0 aliphatic heterocycles. The zero-order chi connectivity index (χ0) is 61.8. The van der Waals surface area contributed by atoms with E-state index < -0.39 is 82.9 Å². The van der Waals surface area contributed by atoms with Gasteiger partial charge in [0.2, 0.25) is 11.8 Å². The van der Waals surface area contributed by atoms with Crippen molar-refractivity contribution in [2.45, 2.75) is 149 Å². The van der Waals surface area contributed by atoms with Crippen molar-refractivity contribution in [3.05, 3.63) is 155 Å². The summed E-state index contributed by atoms with van der Waals surface area (Å²) >= 11 is 0. The molecule has 7 rings (SSSR count). The van der Waals surface area contributed by atoms with Gasteiger partial charge in [-0.05, 0) is 96.5 Å². The largest absolute Gasteiger partial charge is 0.508 e. The lowest BCUT2D eigenvalue weighted by molar-refractivity contribution is -0.151. The van der Waals surface area contributed by atoms with Crippen molar-refractivity contribution in [2.24, 2.45) is 10.8 Å². The van der Waals surface area contributed by atoms with E-state index in [0.717, 1.165) is 50.1 Å². The average Bonchev–Trinajstić information content (AvgIpc) is 1.01. The average molecular weight is 1180 g/mol. The third-order valence-corrected chi connectivity index (χ3v) is 14.7. The Kier molecular flexibility index (Phi) is 23.5. The van der Waals surface area contributed by atoms with Gasteiger partial charge in [-0.25, -0.2) is 9.59 Å². The number of nitrogens with one attached hydrogen (secondary N) is 2. The summed E-state index contributed by atoms with van der Waals surface area (Å²) in [5, 5.41) is 6.02. The first-order valence-electron chi connectivity index (χ1n) is 29.4. The van der Waals surface area contributed by atoms with Crippen LogP contribution in [0.3, 0.4) is 0 Å². The molecule has 0 saturated carbocycles. The van der Waals surface area contributed by atoms with E-state index in [-0.39, 0.29) is 96.6 Å². The van der Waals surface area contributed by atoms with Crippen molar-refractivity contribution in [1.29, 1.82) is 0 Å². The Labute approximate surface area is 503 Å². The first-order chi connectivity index (χ1) is 41.1. The van der Waals surface area contributed by atoms with Gasteiger partial charge in [0.1, 0.15) is 25.9 Å². The Hall–Kier alpha value is -8.54. The summed E-state index contributed by atoms with van der Waals surface area (Å²) in [6.45, 7) is 11.9. The van der Waals surface area contributed by atoms with Gasteiger partial charge in [-0.2, -0.15) is 0 Å². The molecule has 86 heavy (non-hydrogen) atoms. The summed E-state index contributed by atoms with van der Waals surface area (Å²) in [6.07, 6.45) is -1.81. The van der Waals surface area contributed by atoms with E-state index in [1.54, 1.807) is 48.5 Å². The second kappa shape index (κ2) is 31.0. The molecule has 2 N–H and O–H groups in total. The van der Waals surface area contributed by atoms with Crippen LogP contribution in [0.15, 0.2) is 127 Å². The zero-order valence-electron chi connectivity index (χ0n) is 50.2. The molecule has 18 nitrogen and oxygen atoms in total. The molecule has 0 heterocycles. The van der Waals surface area contributed by atoms with Crippen molar-refractivity contribution in [3.8, 4) is 22.3 Å². The highest BCUT2D eigenvalue weighted by molar-refractivity contribution is 5.85. The monoisotopic (exact) mass is 1180 g/mol. The van der Waals surface area contributed by atoms with E-state index >= 15 is 0 Å². The van der Waals surface area contributed by atoms with Crippen LogP contribution in [0.25, 0.3) is 22.3 Å². The maximum atomic E-state index is 14.1. The quantitative estimate of drug-likeness (QED) is 0.0367. The summed E-state index contributed by atoms with van der Waals surface area (Å²) in [7, 11) is 0. The van der Waals surface area contributed by atoms with Crippen LogP contribution in [-0.2, 0) is 86.1 Å². The van der Waals surface area contributed by atoms with Gasteiger partial charge < -0.3 is 48.5 Å². The minimum Gasteiger partial charge on any atom is -0.466 e. The Bertz CT molecular complexity index is 3130. The smallest absolute Gasteiger partial charge is 0.466 e.